The van der Waals surface area contributed by atoms with E-state index < -0.39 is 4.92 Å². The van der Waals surface area contributed by atoms with Crippen LogP contribution in [0.1, 0.15) is 19.3 Å². The summed E-state index contributed by atoms with van der Waals surface area (Å²) in [6.45, 7) is 0. The monoisotopic (exact) mass is 316 g/mol. The van der Waals surface area contributed by atoms with Gasteiger partial charge in [0.1, 0.15) is 5.75 Å². The van der Waals surface area contributed by atoms with Crippen molar-refractivity contribution in [3.8, 4) is 5.75 Å². The number of hydrogen-bond donors (Lipinski definition) is 2. The highest BCUT2D eigenvalue weighted by atomic mass is 79.9. The van der Waals surface area contributed by atoms with Crippen LogP contribution in [0.5, 0.6) is 5.75 Å². The first kappa shape index (κ1) is 14.4. The number of nitro benzene ring substituents is 1. The Labute approximate surface area is 112 Å². The number of nitro groups is 1. The molecule has 0 saturated heterocycles. The lowest BCUT2D eigenvalue weighted by Gasteiger charge is -2.06. The standard InChI is InChI=1S/C11H13BrN2O4/c12-6-2-1-3-11(16)13-9-5-4-8(14(17)18)7-10(9)15/h4-5,7,15H,1-3,6H2,(H,13,16). The zero-order valence-corrected chi connectivity index (χ0v) is 11.1. The molecule has 0 saturated carbocycles. The zero-order valence-electron chi connectivity index (χ0n) is 9.56. The maximum atomic E-state index is 11.5. The van der Waals surface area contributed by atoms with Gasteiger partial charge in [-0.3, -0.25) is 14.9 Å². The van der Waals surface area contributed by atoms with Crippen molar-refractivity contribution in [1.82, 2.24) is 0 Å². The Hall–Kier alpha value is -1.63. The van der Waals surface area contributed by atoms with Gasteiger partial charge in [0.25, 0.3) is 5.69 Å². The number of aromatic hydroxyl groups is 1. The van der Waals surface area contributed by atoms with E-state index in [1.54, 1.807) is 0 Å². The lowest BCUT2D eigenvalue weighted by atomic mass is 10.2. The SMILES string of the molecule is O=C(CCCCBr)Nc1ccc([N+](=O)[O-])cc1O. The van der Waals surface area contributed by atoms with Crippen LogP contribution in [0.4, 0.5) is 11.4 Å². The topological polar surface area (TPSA) is 92.5 Å². The summed E-state index contributed by atoms with van der Waals surface area (Å²) in [5, 5.41) is 23.3. The van der Waals surface area contributed by atoms with Gasteiger partial charge in [-0.1, -0.05) is 15.9 Å². The lowest BCUT2D eigenvalue weighted by molar-refractivity contribution is -0.384. The zero-order chi connectivity index (χ0) is 13.5. The predicted octanol–water partition coefficient (Wildman–Crippen LogP) is 2.80. The van der Waals surface area contributed by atoms with E-state index in [1.165, 1.54) is 12.1 Å². The van der Waals surface area contributed by atoms with Gasteiger partial charge in [-0.05, 0) is 18.9 Å². The first-order valence-electron chi connectivity index (χ1n) is 5.38. The van der Waals surface area contributed by atoms with Crippen LogP contribution >= 0.6 is 15.9 Å². The minimum atomic E-state index is -0.610. The van der Waals surface area contributed by atoms with E-state index in [9.17, 15) is 20.0 Å². The summed E-state index contributed by atoms with van der Waals surface area (Å²) in [4.78, 5) is 21.3. The van der Waals surface area contributed by atoms with Gasteiger partial charge in [-0.2, -0.15) is 0 Å². The Bertz CT molecular complexity index is 451. The molecule has 1 amide bonds. The summed E-state index contributed by atoms with van der Waals surface area (Å²) in [7, 11) is 0. The van der Waals surface area contributed by atoms with Gasteiger partial charge >= 0.3 is 0 Å². The Morgan fingerprint density at radius 3 is 2.72 bits per heavy atom. The average Bonchev–Trinajstić information content (AvgIpc) is 2.32. The summed E-state index contributed by atoms with van der Waals surface area (Å²) in [5.74, 6) is -0.529. The van der Waals surface area contributed by atoms with Crippen LogP contribution in [0.25, 0.3) is 0 Å². The van der Waals surface area contributed by atoms with Gasteiger partial charge in [0.05, 0.1) is 16.7 Å². The number of nitrogens with zero attached hydrogens (tertiary/aromatic N) is 1. The largest absolute Gasteiger partial charge is 0.506 e. The Morgan fingerprint density at radius 1 is 1.44 bits per heavy atom. The summed E-state index contributed by atoms with van der Waals surface area (Å²) in [6.07, 6.45) is 1.98. The number of carbonyl (C=O) groups is 1. The number of rotatable bonds is 6. The first-order chi connectivity index (χ1) is 8.54. The number of benzene rings is 1. The van der Waals surface area contributed by atoms with Crippen LogP contribution < -0.4 is 5.32 Å². The molecule has 0 unspecified atom stereocenters. The van der Waals surface area contributed by atoms with Gasteiger partial charge < -0.3 is 10.4 Å². The number of carbonyl (C=O) groups excluding carboxylic acids is 1. The molecule has 7 heteroatoms. The number of alkyl halides is 1. The van der Waals surface area contributed by atoms with Crippen LogP contribution in [-0.2, 0) is 4.79 Å². The first-order valence-corrected chi connectivity index (χ1v) is 6.50. The molecule has 6 nitrogen and oxygen atoms in total. The second-order valence-electron chi connectivity index (χ2n) is 3.65. The number of phenols is 1. The number of non-ortho nitro benzene ring substituents is 1. The molecule has 0 aliphatic carbocycles. The van der Waals surface area contributed by atoms with Crippen molar-refractivity contribution in [2.75, 3.05) is 10.6 Å². The fourth-order valence-electron chi connectivity index (χ4n) is 1.33. The normalized spacial score (nSPS) is 10.1. The minimum Gasteiger partial charge on any atom is -0.506 e. The molecule has 2 N–H and O–H groups in total. The quantitative estimate of drug-likeness (QED) is 0.277. The van der Waals surface area contributed by atoms with Crippen molar-refractivity contribution in [2.45, 2.75) is 19.3 Å². The Kier molecular flexibility index (Phi) is 5.57. The molecule has 0 spiro atoms. The third kappa shape index (κ3) is 4.33. The van der Waals surface area contributed by atoms with E-state index in [0.717, 1.165) is 24.2 Å². The van der Waals surface area contributed by atoms with Crippen molar-refractivity contribution >= 4 is 33.2 Å². The van der Waals surface area contributed by atoms with Crippen molar-refractivity contribution in [2.24, 2.45) is 0 Å². The second-order valence-corrected chi connectivity index (χ2v) is 4.45. The molecule has 1 aromatic rings. The van der Waals surface area contributed by atoms with Gasteiger partial charge in [0.2, 0.25) is 5.91 Å². The van der Waals surface area contributed by atoms with Crippen molar-refractivity contribution in [3.63, 3.8) is 0 Å². The maximum absolute atomic E-state index is 11.5. The number of unbranched alkanes of at least 4 members (excludes halogenated alkanes) is 1. The van der Waals surface area contributed by atoms with E-state index >= 15 is 0 Å². The van der Waals surface area contributed by atoms with Gasteiger partial charge in [-0.25, -0.2) is 0 Å². The van der Waals surface area contributed by atoms with Crippen molar-refractivity contribution in [3.05, 3.63) is 28.3 Å². The van der Waals surface area contributed by atoms with E-state index in [-0.39, 0.29) is 23.0 Å². The van der Waals surface area contributed by atoms with Crippen LogP contribution in [-0.4, -0.2) is 21.3 Å². The molecule has 0 radical (unpaired) electrons. The highest BCUT2D eigenvalue weighted by Crippen LogP contribution is 2.27. The molecule has 0 atom stereocenters. The molecule has 98 valence electrons. The van der Waals surface area contributed by atoms with Crippen LogP contribution in [0.3, 0.4) is 0 Å². The van der Waals surface area contributed by atoms with Crippen LogP contribution in [0, 0.1) is 10.1 Å². The lowest BCUT2D eigenvalue weighted by Crippen LogP contribution is -2.11. The van der Waals surface area contributed by atoms with E-state index in [4.69, 9.17) is 0 Å². The summed E-state index contributed by atoms with van der Waals surface area (Å²) < 4.78 is 0. The predicted molar refractivity (Wildman–Crippen MR) is 71.0 cm³/mol. The number of amides is 1. The number of nitrogens with one attached hydrogen (secondary N) is 1. The summed E-state index contributed by atoms with van der Waals surface area (Å²) in [6, 6.07) is 3.55. The minimum absolute atomic E-state index is 0.185. The van der Waals surface area contributed by atoms with Gasteiger partial charge in [-0.15, -0.1) is 0 Å². The average molecular weight is 317 g/mol. The summed E-state index contributed by atoms with van der Waals surface area (Å²) >= 11 is 3.26. The van der Waals surface area contributed by atoms with E-state index in [1.807, 2.05) is 0 Å². The van der Waals surface area contributed by atoms with Gasteiger partial charge in [0.15, 0.2) is 0 Å². The van der Waals surface area contributed by atoms with Crippen LogP contribution in [0.15, 0.2) is 18.2 Å². The molecule has 0 bridgehead atoms. The molecule has 18 heavy (non-hydrogen) atoms. The number of anilines is 1. The molecule has 0 aromatic heterocycles. The molecule has 1 rings (SSSR count). The second kappa shape index (κ2) is 6.95. The fourth-order valence-corrected chi connectivity index (χ4v) is 1.73. The van der Waals surface area contributed by atoms with E-state index in [2.05, 4.69) is 21.2 Å². The highest BCUT2D eigenvalue weighted by Gasteiger charge is 2.11. The molecule has 1 aromatic carbocycles. The number of hydrogen-bond acceptors (Lipinski definition) is 4. The van der Waals surface area contributed by atoms with Crippen molar-refractivity contribution in [1.29, 1.82) is 0 Å². The Morgan fingerprint density at radius 2 is 2.17 bits per heavy atom. The third-order valence-electron chi connectivity index (χ3n) is 2.25. The molecule has 0 aliphatic rings. The molecule has 0 aliphatic heterocycles. The van der Waals surface area contributed by atoms with Crippen LogP contribution in [0.2, 0.25) is 0 Å². The molecular weight excluding hydrogens is 304 g/mol. The number of halogens is 1. The van der Waals surface area contributed by atoms with Crippen molar-refractivity contribution < 1.29 is 14.8 Å². The smallest absolute Gasteiger partial charge is 0.273 e. The summed E-state index contributed by atoms with van der Waals surface area (Å²) in [5.41, 5.74) is -0.0331. The fraction of sp³-hybridized carbons (Fsp3) is 0.364. The Balaban J connectivity index is 2.62. The molecular formula is C11H13BrN2O4. The third-order valence-corrected chi connectivity index (χ3v) is 2.81. The maximum Gasteiger partial charge on any atom is 0.273 e. The number of phenolic OH excluding ortho intramolecular Hbond substituents is 1. The van der Waals surface area contributed by atoms with Gasteiger partial charge in [0, 0.05) is 17.8 Å². The molecule has 0 heterocycles. The molecule has 0 fully saturated rings. The van der Waals surface area contributed by atoms with E-state index in [0.29, 0.717) is 6.42 Å². The highest BCUT2D eigenvalue weighted by molar-refractivity contribution is 9.09.